The van der Waals surface area contributed by atoms with Crippen LogP contribution in [0, 0.1) is 0 Å². The van der Waals surface area contributed by atoms with Crippen LogP contribution in [0.2, 0.25) is 0 Å². The molecule has 1 amide bonds. The van der Waals surface area contributed by atoms with E-state index in [1.54, 1.807) is 20.8 Å². The molecule has 0 bridgehead atoms. The lowest BCUT2D eigenvalue weighted by atomic mass is 10.1. The van der Waals surface area contributed by atoms with Crippen LogP contribution >= 0.6 is 15.9 Å². The zero-order chi connectivity index (χ0) is 19.0. The van der Waals surface area contributed by atoms with Crippen LogP contribution in [0.3, 0.4) is 0 Å². The first-order chi connectivity index (χ1) is 11.6. The van der Waals surface area contributed by atoms with E-state index in [4.69, 9.17) is 10.5 Å². The van der Waals surface area contributed by atoms with E-state index < -0.39 is 30.3 Å². The first-order valence-corrected chi connectivity index (χ1v) is 8.28. The third kappa shape index (κ3) is 8.50. The minimum atomic E-state index is -1.31. The van der Waals surface area contributed by atoms with Crippen molar-refractivity contribution in [1.82, 2.24) is 5.32 Å². The van der Waals surface area contributed by atoms with Gasteiger partial charge in [0.05, 0.1) is 6.61 Å². The van der Waals surface area contributed by atoms with E-state index in [1.807, 2.05) is 24.3 Å². The number of ether oxygens (including phenoxy) is 1. The van der Waals surface area contributed by atoms with Crippen molar-refractivity contribution in [3.63, 3.8) is 0 Å². The average molecular weight is 416 g/mol. The van der Waals surface area contributed by atoms with Crippen LogP contribution in [0.5, 0.6) is 0 Å². The Balaban J connectivity index is 2.56. The molecule has 0 aliphatic heterocycles. The van der Waals surface area contributed by atoms with E-state index in [2.05, 4.69) is 31.2 Å². The Labute approximate surface area is 154 Å². The maximum absolute atomic E-state index is 11.9. The van der Waals surface area contributed by atoms with Crippen molar-refractivity contribution in [1.29, 1.82) is 0 Å². The summed E-state index contributed by atoms with van der Waals surface area (Å²) in [5.74, 6) is -0.878. The molecule has 0 aliphatic carbocycles. The molecule has 1 atom stereocenters. The number of nitrogens with zero attached hydrogens (tertiary/aromatic N) is 1. The number of aliphatic hydroxyl groups is 1. The molecule has 0 radical (unpaired) electrons. The fourth-order valence-corrected chi connectivity index (χ4v) is 1.90. The van der Waals surface area contributed by atoms with Crippen LogP contribution < -0.4 is 11.1 Å². The molecule has 4 N–H and O–H groups in total. The quantitative estimate of drug-likeness (QED) is 0.281. The second-order valence-corrected chi connectivity index (χ2v) is 7.09. The van der Waals surface area contributed by atoms with Crippen molar-refractivity contribution in [2.45, 2.75) is 38.8 Å². The van der Waals surface area contributed by atoms with Gasteiger partial charge in [-0.3, -0.25) is 0 Å². The van der Waals surface area contributed by atoms with Crippen LogP contribution in [-0.2, 0) is 20.8 Å². The summed E-state index contributed by atoms with van der Waals surface area (Å²) in [6, 6.07) is 6.07. The van der Waals surface area contributed by atoms with Crippen molar-refractivity contribution in [3.05, 3.63) is 34.3 Å². The average Bonchev–Trinajstić information content (AvgIpc) is 2.51. The number of nitrogens with two attached hydrogens (primary N) is 1. The first kappa shape index (κ1) is 20.9. The van der Waals surface area contributed by atoms with Gasteiger partial charge < -0.3 is 25.7 Å². The number of nitrogens with one attached hydrogen (secondary N) is 1. The highest BCUT2D eigenvalue weighted by Crippen LogP contribution is 2.11. The van der Waals surface area contributed by atoms with E-state index >= 15 is 0 Å². The van der Waals surface area contributed by atoms with Gasteiger partial charge in [-0.1, -0.05) is 33.2 Å². The Hall–Kier alpha value is -2.13. The fourth-order valence-electron chi connectivity index (χ4n) is 1.64. The fraction of sp³-hybridized carbons (Fsp3) is 0.438. The molecule has 0 spiro atoms. The van der Waals surface area contributed by atoms with Gasteiger partial charge in [-0.25, -0.2) is 9.59 Å². The van der Waals surface area contributed by atoms with Gasteiger partial charge in [-0.15, -0.1) is 0 Å². The highest BCUT2D eigenvalue weighted by atomic mass is 79.9. The molecular formula is C16H22BrN3O5. The van der Waals surface area contributed by atoms with Gasteiger partial charge in [-0.2, -0.15) is 0 Å². The summed E-state index contributed by atoms with van der Waals surface area (Å²) in [6.07, 6.45) is -0.570. The number of oxime groups is 1. The molecule has 138 valence electrons. The van der Waals surface area contributed by atoms with Crippen LogP contribution in [0.25, 0.3) is 0 Å². The number of carbonyl (C=O) groups excluding carboxylic acids is 2. The number of amidine groups is 1. The van der Waals surface area contributed by atoms with E-state index in [0.29, 0.717) is 0 Å². The monoisotopic (exact) mass is 415 g/mol. The molecule has 1 aromatic carbocycles. The number of benzene rings is 1. The molecule has 0 heterocycles. The highest BCUT2D eigenvalue weighted by Gasteiger charge is 2.25. The molecule has 8 nitrogen and oxygen atoms in total. The normalized spacial score (nSPS) is 13.1. The second kappa shape index (κ2) is 9.38. The predicted molar refractivity (Wildman–Crippen MR) is 95.8 cm³/mol. The summed E-state index contributed by atoms with van der Waals surface area (Å²) < 4.78 is 5.93. The lowest BCUT2D eigenvalue weighted by Gasteiger charge is -2.21. The topological polar surface area (TPSA) is 123 Å². The van der Waals surface area contributed by atoms with E-state index in [-0.39, 0.29) is 12.3 Å². The summed E-state index contributed by atoms with van der Waals surface area (Å²) in [5, 5.41) is 14.9. The number of hydrogen-bond donors (Lipinski definition) is 3. The Morgan fingerprint density at radius 2 is 1.92 bits per heavy atom. The largest absolute Gasteiger partial charge is 0.444 e. The SMILES string of the molecule is CC(C)(C)OC(=O)N[C@@H](CO)C(=O)O/N=C(\N)Cc1ccc(Br)cc1. The van der Waals surface area contributed by atoms with E-state index in [0.717, 1.165) is 10.0 Å². The minimum absolute atomic E-state index is 0.0737. The summed E-state index contributed by atoms with van der Waals surface area (Å²) >= 11 is 3.32. The molecule has 0 aromatic heterocycles. The maximum Gasteiger partial charge on any atom is 0.408 e. The van der Waals surface area contributed by atoms with Gasteiger partial charge in [0.15, 0.2) is 6.04 Å². The molecule has 0 saturated carbocycles. The van der Waals surface area contributed by atoms with Gasteiger partial charge in [0.25, 0.3) is 0 Å². The Bertz CT molecular complexity index is 626. The Morgan fingerprint density at radius 3 is 2.44 bits per heavy atom. The van der Waals surface area contributed by atoms with Gasteiger partial charge >= 0.3 is 12.1 Å². The standard InChI is InChI=1S/C16H22BrN3O5/c1-16(2,3)24-15(23)19-12(9-21)14(22)25-20-13(18)8-10-4-6-11(17)7-5-10/h4-7,12,21H,8-9H2,1-3H3,(H2,18,20)(H,19,23)/t12-/m0/s1. The molecule has 0 saturated heterocycles. The third-order valence-electron chi connectivity index (χ3n) is 2.71. The van der Waals surface area contributed by atoms with Crippen LogP contribution in [0.4, 0.5) is 4.79 Å². The highest BCUT2D eigenvalue weighted by molar-refractivity contribution is 9.10. The minimum Gasteiger partial charge on any atom is -0.444 e. The van der Waals surface area contributed by atoms with Crippen LogP contribution in [-0.4, -0.2) is 41.3 Å². The number of carbonyl (C=O) groups is 2. The Kier molecular flexibility index (Phi) is 7.85. The number of hydrogen-bond acceptors (Lipinski definition) is 6. The van der Waals surface area contributed by atoms with Crippen molar-refractivity contribution in [2.75, 3.05) is 6.61 Å². The van der Waals surface area contributed by atoms with Gasteiger partial charge in [-0.05, 0) is 38.5 Å². The predicted octanol–water partition coefficient (Wildman–Crippen LogP) is 1.69. The van der Waals surface area contributed by atoms with Gasteiger partial charge in [0, 0.05) is 10.9 Å². The third-order valence-corrected chi connectivity index (χ3v) is 3.24. The van der Waals surface area contributed by atoms with E-state index in [9.17, 15) is 14.7 Å². The van der Waals surface area contributed by atoms with Crippen molar-refractivity contribution >= 4 is 33.8 Å². The van der Waals surface area contributed by atoms with Gasteiger partial charge in [0.2, 0.25) is 0 Å². The molecule has 9 heteroatoms. The molecule has 1 rings (SSSR count). The summed E-state index contributed by atoms with van der Waals surface area (Å²) in [4.78, 5) is 28.1. The summed E-state index contributed by atoms with van der Waals surface area (Å²) in [5.41, 5.74) is 5.85. The first-order valence-electron chi connectivity index (χ1n) is 7.48. The van der Waals surface area contributed by atoms with Crippen molar-refractivity contribution < 1.29 is 24.3 Å². The van der Waals surface area contributed by atoms with Crippen LogP contribution in [0.1, 0.15) is 26.3 Å². The van der Waals surface area contributed by atoms with Gasteiger partial charge in [0.1, 0.15) is 11.4 Å². The number of rotatable bonds is 6. The number of alkyl carbamates (subject to hydrolysis) is 1. The lowest BCUT2D eigenvalue weighted by molar-refractivity contribution is -0.147. The summed E-state index contributed by atoms with van der Waals surface area (Å²) in [7, 11) is 0. The lowest BCUT2D eigenvalue weighted by Crippen LogP contribution is -2.46. The Morgan fingerprint density at radius 1 is 1.32 bits per heavy atom. The molecule has 0 fully saturated rings. The second-order valence-electron chi connectivity index (χ2n) is 6.18. The number of halogens is 1. The zero-order valence-corrected chi connectivity index (χ0v) is 15.9. The molecule has 0 unspecified atom stereocenters. The van der Waals surface area contributed by atoms with Crippen molar-refractivity contribution in [2.24, 2.45) is 10.9 Å². The smallest absolute Gasteiger partial charge is 0.408 e. The number of aliphatic hydroxyl groups excluding tert-OH is 1. The number of amides is 1. The molecule has 1 aromatic rings. The van der Waals surface area contributed by atoms with E-state index in [1.165, 1.54) is 0 Å². The summed E-state index contributed by atoms with van der Waals surface area (Å²) in [6.45, 7) is 4.35. The maximum atomic E-state index is 11.9. The van der Waals surface area contributed by atoms with Crippen molar-refractivity contribution in [3.8, 4) is 0 Å². The zero-order valence-electron chi connectivity index (χ0n) is 14.3. The molecular weight excluding hydrogens is 394 g/mol. The molecule has 25 heavy (non-hydrogen) atoms. The van der Waals surface area contributed by atoms with Crippen LogP contribution in [0.15, 0.2) is 33.9 Å². The molecule has 0 aliphatic rings.